The summed E-state index contributed by atoms with van der Waals surface area (Å²) in [6.07, 6.45) is 0. The van der Waals surface area contributed by atoms with Crippen LogP contribution in [-0.2, 0) is 19.7 Å². The first kappa shape index (κ1) is 14.2. The van der Waals surface area contributed by atoms with Crippen LogP contribution in [0.3, 0.4) is 0 Å². The molecule has 0 aliphatic carbocycles. The highest BCUT2D eigenvalue weighted by molar-refractivity contribution is 5.37. The van der Waals surface area contributed by atoms with E-state index in [1.165, 1.54) is 18.2 Å². The number of halogens is 1. The van der Waals surface area contributed by atoms with E-state index in [-0.39, 0.29) is 12.4 Å². The summed E-state index contributed by atoms with van der Waals surface area (Å²) in [5.74, 6) is -0.344. The van der Waals surface area contributed by atoms with Gasteiger partial charge in [-0.3, -0.25) is 0 Å². The average Bonchev–Trinajstić information content (AvgIpc) is 2.48. The number of nitriles is 1. The van der Waals surface area contributed by atoms with Crippen LogP contribution < -0.4 is 5.32 Å². The number of hydrogen-bond donors (Lipinski definition) is 2. The van der Waals surface area contributed by atoms with E-state index in [0.717, 1.165) is 11.1 Å². The van der Waals surface area contributed by atoms with E-state index >= 15 is 0 Å². The summed E-state index contributed by atoms with van der Waals surface area (Å²) >= 11 is 0. The lowest BCUT2D eigenvalue weighted by Gasteiger charge is -2.08. The van der Waals surface area contributed by atoms with Crippen molar-refractivity contribution in [2.45, 2.75) is 19.7 Å². The van der Waals surface area contributed by atoms with Crippen LogP contribution in [0.1, 0.15) is 22.3 Å². The fourth-order valence-corrected chi connectivity index (χ4v) is 2.00. The second-order valence-electron chi connectivity index (χ2n) is 4.49. The smallest absolute Gasteiger partial charge is 0.123 e. The summed E-state index contributed by atoms with van der Waals surface area (Å²) < 4.78 is 13.2. The van der Waals surface area contributed by atoms with E-state index in [9.17, 15) is 4.39 Å². The Bertz CT molecular complexity index is 635. The van der Waals surface area contributed by atoms with Gasteiger partial charge in [-0.05, 0) is 34.9 Å². The summed E-state index contributed by atoms with van der Waals surface area (Å²) in [5, 5.41) is 21.2. The van der Waals surface area contributed by atoms with Crippen LogP contribution in [0.4, 0.5) is 4.39 Å². The lowest BCUT2D eigenvalue weighted by molar-refractivity contribution is 0.281. The minimum atomic E-state index is -0.344. The lowest BCUT2D eigenvalue weighted by atomic mass is 10.1. The Morgan fingerprint density at radius 2 is 1.90 bits per heavy atom. The number of benzene rings is 2. The van der Waals surface area contributed by atoms with Gasteiger partial charge in [0, 0.05) is 13.1 Å². The Morgan fingerprint density at radius 1 is 1.10 bits per heavy atom. The Hall–Kier alpha value is -2.22. The topological polar surface area (TPSA) is 56.0 Å². The van der Waals surface area contributed by atoms with Crippen LogP contribution in [0.25, 0.3) is 0 Å². The zero-order valence-electron chi connectivity index (χ0n) is 10.9. The van der Waals surface area contributed by atoms with Crippen molar-refractivity contribution < 1.29 is 9.50 Å². The van der Waals surface area contributed by atoms with Gasteiger partial charge in [-0.15, -0.1) is 0 Å². The maximum atomic E-state index is 13.2. The van der Waals surface area contributed by atoms with E-state index in [1.807, 2.05) is 30.3 Å². The van der Waals surface area contributed by atoms with E-state index < -0.39 is 0 Å². The summed E-state index contributed by atoms with van der Waals surface area (Å²) in [7, 11) is 0. The molecule has 0 aliphatic rings. The van der Waals surface area contributed by atoms with Gasteiger partial charge in [-0.2, -0.15) is 5.26 Å². The first-order chi connectivity index (χ1) is 9.72. The van der Waals surface area contributed by atoms with Gasteiger partial charge >= 0.3 is 0 Å². The molecule has 2 rings (SSSR count). The molecule has 102 valence electrons. The molecule has 0 aliphatic heterocycles. The van der Waals surface area contributed by atoms with Crippen molar-refractivity contribution in [3.63, 3.8) is 0 Å². The Balaban J connectivity index is 1.99. The zero-order valence-corrected chi connectivity index (χ0v) is 10.9. The van der Waals surface area contributed by atoms with Gasteiger partial charge < -0.3 is 10.4 Å². The molecule has 0 saturated heterocycles. The molecule has 4 heteroatoms. The molecule has 2 aromatic carbocycles. The minimum Gasteiger partial charge on any atom is -0.392 e. The standard InChI is InChI=1S/C16H15FN2O/c17-16-5-4-14(8-18)15(7-16)10-19-9-12-2-1-3-13(6-12)11-20/h1-7,19-20H,9-11H2. The van der Waals surface area contributed by atoms with Crippen LogP contribution in [-0.4, -0.2) is 5.11 Å². The van der Waals surface area contributed by atoms with Crippen LogP contribution in [0.5, 0.6) is 0 Å². The number of nitrogens with zero attached hydrogens (tertiary/aromatic N) is 1. The number of hydrogen-bond acceptors (Lipinski definition) is 3. The first-order valence-corrected chi connectivity index (χ1v) is 6.31. The second-order valence-corrected chi connectivity index (χ2v) is 4.49. The summed E-state index contributed by atoms with van der Waals surface area (Å²) in [4.78, 5) is 0. The van der Waals surface area contributed by atoms with Crippen molar-refractivity contribution in [2.24, 2.45) is 0 Å². The van der Waals surface area contributed by atoms with Crippen molar-refractivity contribution in [2.75, 3.05) is 0 Å². The number of rotatable bonds is 5. The van der Waals surface area contributed by atoms with Crippen molar-refractivity contribution in [3.8, 4) is 6.07 Å². The van der Waals surface area contributed by atoms with Crippen LogP contribution >= 0.6 is 0 Å². The third-order valence-corrected chi connectivity index (χ3v) is 3.01. The zero-order chi connectivity index (χ0) is 14.4. The van der Waals surface area contributed by atoms with Crippen LogP contribution in [0.15, 0.2) is 42.5 Å². The quantitative estimate of drug-likeness (QED) is 0.877. The monoisotopic (exact) mass is 270 g/mol. The molecule has 0 spiro atoms. The van der Waals surface area contributed by atoms with E-state index in [1.54, 1.807) is 0 Å². The molecule has 0 atom stereocenters. The molecule has 0 bridgehead atoms. The molecule has 3 nitrogen and oxygen atoms in total. The van der Waals surface area contributed by atoms with Crippen molar-refractivity contribution >= 4 is 0 Å². The van der Waals surface area contributed by atoms with Crippen molar-refractivity contribution in [1.29, 1.82) is 5.26 Å². The molecule has 0 fully saturated rings. The van der Waals surface area contributed by atoms with Gasteiger partial charge in [0.25, 0.3) is 0 Å². The van der Waals surface area contributed by atoms with Gasteiger partial charge in [0.2, 0.25) is 0 Å². The van der Waals surface area contributed by atoms with Crippen LogP contribution in [0.2, 0.25) is 0 Å². The van der Waals surface area contributed by atoms with Gasteiger partial charge in [-0.25, -0.2) is 4.39 Å². The third kappa shape index (κ3) is 3.64. The molecular weight excluding hydrogens is 255 g/mol. The van der Waals surface area contributed by atoms with Crippen LogP contribution in [0, 0.1) is 17.1 Å². The molecule has 0 aromatic heterocycles. The first-order valence-electron chi connectivity index (χ1n) is 6.31. The van der Waals surface area contributed by atoms with E-state index in [0.29, 0.717) is 24.2 Å². The summed E-state index contributed by atoms with van der Waals surface area (Å²) in [5.41, 5.74) is 3.01. The summed E-state index contributed by atoms with van der Waals surface area (Å²) in [6.45, 7) is 1.02. The highest BCUT2D eigenvalue weighted by atomic mass is 19.1. The van der Waals surface area contributed by atoms with Gasteiger partial charge in [0.15, 0.2) is 0 Å². The normalized spacial score (nSPS) is 10.2. The maximum absolute atomic E-state index is 13.2. The number of aliphatic hydroxyl groups is 1. The lowest BCUT2D eigenvalue weighted by Crippen LogP contribution is -2.14. The minimum absolute atomic E-state index is 0.0102. The fraction of sp³-hybridized carbons (Fsp3) is 0.188. The molecule has 0 unspecified atom stereocenters. The van der Waals surface area contributed by atoms with Crippen molar-refractivity contribution in [3.05, 3.63) is 70.5 Å². The Kier molecular flexibility index (Phi) is 4.83. The third-order valence-electron chi connectivity index (χ3n) is 3.01. The van der Waals surface area contributed by atoms with Gasteiger partial charge in [0.05, 0.1) is 18.2 Å². The summed E-state index contributed by atoms with van der Waals surface area (Å²) in [6, 6.07) is 13.8. The van der Waals surface area contributed by atoms with Crippen molar-refractivity contribution in [1.82, 2.24) is 5.32 Å². The molecule has 0 radical (unpaired) electrons. The molecule has 0 saturated carbocycles. The second kappa shape index (κ2) is 6.80. The fourth-order valence-electron chi connectivity index (χ4n) is 2.00. The molecule has 2 aromatic rings. The van der Waals surface area contributed by atoms with E-state index in [2.05, 4.69) is 5.32 Å². The van der Waals surface area contributed by atoms with Gasteiger partial charge in [0.1, 0.15) is 5.82 Å². The molecule has 0 amide bonds. The molecular formula is C16H15FN2O. The Morgan fingerprint density at radius 3 is 2.65 bits per heavy atom. The number of aliphatic hydroxyl groups excluding tert-OH is 1. The molecule has 20 heavy (non-hydrogen) atoms. The molecule has 2 N–H and O–H groups in total. The highest BCUT2D eigenvalue weighted by Crippen LogP contribution is 2.11. The average molecular weight is 270 g/mol. The van der Waals surface area contributed by atoms with E-state index in [4.69, 9.17) is 10.4 Å². The van der Waals surface area contributed by atoms with Gasteiger partial charge in [-0.1, -0.05) is 24.3 Å². The SMILES string of the molecule is N#Cc1ccc(F)cc1CNCc1cccc(CO)c1. The number of nitrogens with one attached hydrogen (secondary N) is 1. The molecule has 0 heterocycles. The maximum Gasteiger partial charge on any atom is 0.123 e. The highest BCUT2D eigenvalue weighted by Gasteiger charge is 2.03. The Labute approximate surface area is 117 Å². The largest absolute Gasteiger partial charge is 0.392 e. The predicted molar refractivity (Wildman–Crippen MR) is 74.0 cm³/mol. The predicted octanol–water partition coefficient (Wildman–Crippen LogP) is 2.48.